The zero-order chi connectivity index (χ0) is 14.4. The van der Waals surface area contributed by atoms with Gasteiger partial charge < -0.3 is 5.32 Å². The molecule has 1 atom stereocenters. The molecule has 0 spiro atoms. The number of rotatable bonds is 6. The van der Waals surface area contributed by atoms with Crippen molar-refractivity contribution in [2.45, 2.75) is 45.6 Å². The molecule has 0 saturated carbocycles. The largest absolute Gasteiger partial charge is 0.349 e. The first kappa shape index (κ1) is 16.1. The molecule has 1 aromatic rings. The number of hydrogen-bond donors (Lipinski definition) is 1. The second-order valence-electron chi connectivity index (χ2n) is 4.61. The third-order valence-corrected chi connectivity index (χ3v) is 3.31. The lowest BCUT2D eigenvalue weighted by Crippen LogP contribution is -2.33. The van der Waals surface area contributed by atoms with Gasteiger partial charge in [-0.1, -0.05) is 42.1 Å². The summed E-state index contributed by atoms with van der Waals surface area (Å²) in [5, 5.41) is 2.62. The minimum absolute atomic E-state index is 0.0958. The highest BCUT2D eigenvalue weighted by atomic mass is 79.9. The first-order valence-electron chi connectivity index (χ1n) is 6.41. The Morgan fingerprint density at radius 3 is 2.42 bits per heavy atom. The molecule has 2 nitrogen and oxygen atoms in total. The van der Waals surface area contributed by atoms with Gasteiger partial charge in [-0.05, 0) is 25.5 Å². The number of unbranched alkanes of at least 4 members (excludes halogenated alkanes) is 2. The van der Waals surface area contributed by atoms with Crippen LogP contribution in [-0.2, 0) is 0 Å². The van der Waals surface area contributed by atoms with Crippen molar-refractivity contribution in [3.63, 3.8) is 0 Å². The Labute approximate surface area is 120 Å². The monoisotopic (exact) mass is 333 g/mol. The first-order valence-corrected chi connectivity index (χ1v) is 7.20. The SMILES string of the molecule is CCCCCC(C)NC(=O)c1c(F)cc(Br)cc1F. The van der Waals surface area contributed by atoms with E-state index in [-0.39, 0.29) is 10.5 Å². The Morgan fingerprint density at radius 1 is 1.32 bits per heavy atom. The van der Waals surface area contributed by atoms with E-state index in [1.165, 1.54) is 0 Å². The summed E-state index contributed by atoms with van der Waals surface area (Å²) < 4.78 is 27.4. The van der Waals surface area contributed by atoms with E-state index in [1.807, 2.05) is 6.92 Å². The minimum Gasteiger partial charge on any atom is -0.349 e. The van der Waals surface area contributed by atoms with Gasteiger partial charge in [0.05, 0.1) is 0 Å². The summed E-state index contributed by atoms with van der Waals surface area (Å²) in [7, 11) is 0. The molecular weight excluding hydrogens is 316 g/mol. The zero-order valence-electron chi connectivity index (χ0n) is 11.1. The summed E-state index contributed by atoms with van der Waals surface area (Å²) in [5.41, 5.74) is -0.523. The van der Waals surface area contributed by atoms with Crippen LogP contribution in [0.1, 0.15) is 49.9 Å². The van der Waals surface area contributed by atoms with Crippen LogP contribution in [0.3, 0.4) is 0 Å². The van der Waals surface area contributed by atoms with Gasteiger partial charge in [0.2, 0.25) is 0 Å². The predicted octanol–water partition coefficient (Wildman–Crippen LogP) is 4.43. The molecule has 0 saturated heterocycles. The van der Waals surface area contributed by atoms with Crippen LogP contribution in [0.5, 0.6) is 0 Å². The maximum atomic E-state index is 13.6. The fourth-order valence-corrected chi connectivity index (χ4v) is 2.23. The van der Waals surface area contributed by atoms with Gasteiger partial charge in [0, 0.05) is 10.5 Å². The van der Waals surface area contributed by atoms with Crippen molar-refractivity contribution in [3.8, 4) is 0 Å². The van der Waals surface area contributed by atoms with Crippen LogP contribution >= 0.6 is 15.9 Å². The van der Waals surface area contributed by atoms with Gasteiger partial charge in [0.1, 0.15) is 17.2 Å². The van der Waals surface area contributed by atoms with Crippen molar-refractivity contribution in [3.05, 3.63) is 33.8 Å². The average Bonchev–Trinajstić information content (AvgIpc) is 2.27. The molecule has 1 N–H and O–H groups in total. The van der Waals surface area contributed by atoms with Crippen molar-refractivity contribution >= 4 is 21.8 Å². The third-order valence-electron chi connectivity index (χ3n) is 2.85. The van der Waals surface area contributed by atoms with Gasteiger partial charge in [0.25, 0.3) is 5.91 Å². The van der Waals surface area contributed by atoms with E-state index in [4.69, 9.17) is 0 Å². The maximum Gasteiger partial charge on any atom is 0.257 e. The van der Waals surface area contributed by atoms with Gasteiger partial charge in [-0.25, -0.2) is 8.78 Å². The molecule has 1 amide bonds. The molecule has 0 aliphatic rings. The molecule has 0 aliphatic heterocycles. The Hall–Kier alpha value is -0.970. The number of nitrogens with one attached hydrogen (secondary N) is 1. The van der Waals surface area contributed by atoms with E-state index in [9.17, 15) is 13.6 Å². The van der Waals surface area contributed by atoms with Crippen LogP contribution in [0, 0.1) is 11.6 Å². The van der Waals surface area contributed by atoms with E-state index in [0.717, 1.165) is 37.8 Å². The topological polar surface area (TPSA) is 29.1 Å². The molecule has 1 unspecified atom stereocenters. The zero-order valence-corrected chi connectivity index (χ0v) is 12.7. The fraction of sp³-hybridized carbons (Fsp3) is 0.500. The van der Waals surface area contributed by atoms with Gasteiger partial charge in [-0.2, -0.15) is 0 Å². The van der Waals surface area contributed by atoms with Crippen molar-refractivity contribution < 1.29 is 13.6 Å². The highest BCUT2D eigenvalue weighted by molar-refractivity contribution is 9.10. The number of amides is 1. The van der Waals surface area contributed by atoms with E-state index in [0.29, 0.717) is 0 Å². The van der Waals surface area contributed by atoms with Crippen LogP contribution in [0.4, 0.5) is 8.78 Å². The number of carbonyl (C=O) groups is 1. The first-order chi connectivity index (χ1) is 8.95. The van der Waals surface area contributed by atoms with E-state index in [1.54, 1.807) is 0 Å². The van der Waals surface area contributed by atoms with Gasteiger partial charge in [0.15, 0.2) is 0 Å². The van der Waals surface area contributed by atoms with E-state index < -0.39 is 23.1 Å². The molecule has 19 heavy (non-hydrogen) atoms. The molecule has 0 heterocycles. The van der Waals surface area contributed by atoms with E-state index >= 15 is 0 Å². The third kappa shape index (κ3) is 4.90. The average molecular weight is 334 g/mol. The number of benzene rings is 1. The molecule has 0 bridgehead atoms. The Kier molecular flexibility index (Phi) is 6.42. The van der Waals surface area contributed by atoms with Crippen LogP contribution in [0.15, 0.2) is 16.6 Å². The molecule has 0 aromatic heterocycles. The maximum absolute atomic E-state index is 13.6. The molecule has 0 radical (unpaired) electrons. The van der Waals surface area contributed by atoms with Crippen LogP contribution < -0.4 is 5.32 Å². The highest BCUT2D eigenvalue weighted by Crippen LogP contribution is 2.19. The van der Waals surface area contributed by atoms with Crippen molar-refractivity contribution in [2.75, 3.05) is 0 Å². The Bertz CT molecular complexity index is 428. The quantitative estimate of drug-likeness (QED) is 0.767. The van der Waals surface area contributed by atoms with Gasteiger partial charge >= 0.3 is 0 Å². The standard InChI is InChI=1S/C14H18BrF2NO/c1-3-4-5-6-9(2)18-14(19)13-11(16)7-10(15)8-12(13)17/h7-9H,3-6H2,1-2H3,(H,18,19). The fourth-order valence-electron chi connectivity index (χ4n) is 1.83. The summed E-state index contributed by atoms with van der Waals surface area (Å²) in [5.74, 6) is -2.42. The lowest BCUT2D eigenvalue weighted by atomic mass is 10.1. The van der Waals surface area contributed by atoms with Crippen LogP contribution in [0.2, 0.25) is 0 Å². The van der Waals surface area contributed by atoms with Crippen LogP contribution in [0.25, 0.3) is 0 Å². The molecule has 0 aliphatic carbocycles. The summed E-state index contributed by atoms with van der Waals surface area (Å²) in [4.78, 5) is 11.8. The Balaban J connectivity index is 2.68. The van der Waals surface area contributed by atoms with Crippen molar-refractivity contribution in [1.29, 1.82) is 0 Å². The van der Waals surface area contributed by atoms with E-state index in [2.05, 4.69) is 28.2 Å². The number of hydrogen-bond acceptors (Lipinski definition) is 1. The molecule has 1 aromatic carbocycles. The summed E-state index contributed by atoms with van der Waals surface area (Å²) >= 11 is 2.98. The predicted molar refractivity (Wildman–Crippen MR) is 75.1 cm³/mol. The second kappa shape index (κ2) is 7.58. The Morgan fingerprint density at radius 2 is 1.89 bits per heavy atom. The molecule has 1 rings (SSSR count). The summed E-state index contributed by atoms with van der Waals surface area (Å²) in [6.07, 6.45) is 3.97. The van der Waals surface area contributed by atoms with Gasteiger partial charge in [-0.15, -0.1) is 0 Å². The summed E-state index contributed by atoms with van der Waals surface area (Å²) in [6.45, 7) is 3.93. The summed E-state index contributed by atoms with van der Waals surface area (Å²) in [6, 6.07) is 2.07. The normalized spacial score (nSPS) is 12.3. The lowest BCUT2D eigenvalue weighted by Gasteiger charge is -2.14. The minimum atomic E-state index is -0.856. The second-order valence-corrected chi connectivity index (χ2v) is 5.53. The smallest absolute Gasteiger partial charge is 0.257 e. The lowest BCUT2D eigenvalue weighted by molar-refractivity contribution is 0.0929. The molecule has 106 valence electrons. The van der Waals surface area contributed by atoms with Crippen LogP contribution in [-0.4, -0.2) is 11.9 Å². The molecular formula is C14H18BrF2NO. The number of carbonyl (C=O) groups excluding carboxylic acids is 1. The number of halogens is 3. The molecule has 5 heteroatoms. The highest BCUT2D eigenvalue weighted by Gasteiger charge is 2.19. The van der Waals surface area contributed by atoms with Crippen molar-refractivity contribution in [2.24, 2.45) is 0 Å². The van der Waals surface area contributed by atoms with Crippen molar-refractivity contribution in [1.82, 2.24) is 5.32 Å². The molecule has 0 fully saturated rings. The van der Waals surface area contributed by atoms with Gasteiger partial charge in [-0.3, -0.25) is 4.79 Å².